The summed E-state index contributed by atoms with van der Waals surface area (Å²) in [6.45, 7) is 4.10. The standard InChI is InChI=1S/C20H21N5O3S/c1-13-12-28-9-8-24(13)18-10-17(16-11-22-19-14(16)4-3-6-21-19)23-20-15(18)5-7-25(20)29(2,26)27/h3-7,10-11,13H,8-9,12H2,1-2H3,(H,21,22). The van der Waals surface area contributed by atoms with E-state index in [-0.39, 0.29) is 6.04 Å². The molecule has 0 aromatic carbocycles. The molecule has 0 radical (unpaired) electrons. The van der Waals surface area contributed by atoms with E-state index in [2.05, 4.69) is 21.8 Å². The molecule has 0 amide bonds. The first-order valence-electron chi connectivity index (χ1n) is 9.43. The summed E-state index contributed by atoms with van der Waals surface area (Å²) in [5.74, 6) is 0. The third kappa shape index (κ3) is 2.97. The third-order valence-corrected chi connectivity index (χ3v) is 6.37. The average molecular weight is 411 g/mol. The Hall–Kier alpha value is -2.91. The highest BCUT2D eigenvalue weighted by atomic mass is 32.2. The van der Waals surface area contributed by atoms with E-state index >= 15 is 0 Å². The average Bonchev–Trinajstić information content (AvgIpc) is 3.31. The maximum absolute atomic E-state index is 12.3. The predicted molar refractivity (Wildman–Crippen MR) is 113 cm³/mol. The number of fused-ring (bicyclic) bond motifs is 2. The van der Waals surface area contributed by atoms with E-state index in [4.69, 9.17) is 9.72 Å². The Morgan fingerprint density at radius 3 is 2.93 bits per heavy atom. The summed E-state index contributed by atoms with van der Waals surface area (Å²) < 4.78 is 31.5. The van der Waals surface area contributed by atoms with Crippen molar-refractivity contribution in [3.63, 3.8) is 0 Å². The van der Waals surface area contributed by atoms with Gasteiger partial charge in [-0.1, -0.05) is 0 Å². The molecule has 1 atom stereocenters. The molecular weight excluding hydrogens is 390 g/mol. The highest BCUT2D eigenvalue weighted by Crippen LogP contribution is 2.35. The zero-order chi connectivity index (χ0) is 20.2. The Morgan fingerprint density at radius 2 is 2.14 bits per heavy atom. The van der Waals surface area contributed by atoms with Crippen LogP contribution in [0, 0.1) is 0 Å². The molecule has 0 saturated carbocycles. The number of ether oxygens (including phenoxy) is 1. The minimum Gasteiger partial charge on any atom is -0.377 e. The van der Waals surface area contributed by atoms with Crippen molar-refractivity contribution < 1.29 is 13.2 Å². The number of hydrogen-bond donors (Lipinski definition) is 1. The molecular formula is C20H21N5O3S. The lowest BCUT2D eigenvalue weighted by molar-refractivity contribution is 0.0991. The number of hydrogen-bond acceptors (Lipinski definition) is 6. The molecule has 0 bridgehead atoms. The molecule has 5 rings (SSSR count). The largest absolute Gasteiger partial charge is 0.377 e. The first kappa shape index (κ1) is 18.1. The van der Waals surface area contributed by atoms with Crippen LogP contribution in [-0.4, -0.2) is 59.4 Å². The molecule has 0 aliphatic carbocycles. The SMILES string of the molecule is CC1COCCN1c1cc(-c2c[nH]c3ncccc23)nc2c1ccn2S(C)(=O)=O. The number of anilines is 1. The number of nitrogens with one attached hydrogen (secondary N) is 1. The van der Waals surface area contributed by atoms with Crippen LogP contribution in [0.15, 0.2) is 42.9 Å². The Bertz CT molecular complexity index is 1320. The predicted octanol–water partition coefficient (Wildman–Crippen LogP) is 2.61. The van der Waals surface area contributed by atoms with Crippen molar-refractivity contribution in [2.45, 2.75) is 13.0 Å². The normalized spacial score (nSPS) is 18.0. The van der Waals surface area contributed by atoms with Gasteiger partial charge >= 0.3 is 0 Å². The van der Waals surface area contributed by atoms with E-state index in [0.717, 1.165) is 34.2 Å². The van der Waals surface area contributed by atoms with Crippen LogP contribution in [0.5, 0.6) is 0 Å². The Kier molecular flexibility index (Phi) is 4.11. The topological polar surface area (TPSA) is 93.1 Å². The van der Waals surface area contributed by atoms with E-state index in [1.54, 1.807) is 12.4 Å². The molecule has 1 saturated heterocycles. The fraction of sp³-hybridized carbons (Fsp3) is 0.300. The Balaban J connectivity index is 1.80. The third-order valence-electron chi connectivity index (χ3n) is 5.36. The van der Waals surface area contributed by atoms with Crippen LogP contribution in [0.4, 0.5) is 5.69 Å². The van der Waals surface area contributed by atoms with Gasteiger partial charge in [-0.2, -0.15) is 0 Å². The molecule has 150 valence electrons. The molecule has 29 heavy (non-hydrogen) atoms. The van der Waals surface area contributed by atoms with Crippen molar-refractivity contribution in [3.8, 4) is 11.3 Å². The number of aromatic nitrogens is 4. The van der Waals surface area contributed by atoms with Gasteiger partial charge in [0.25, 0.3) is 0 Å². The summed E-state index contributed by atoms with van der Waals surface area (Å²) in [5, 5.41) is 1.75. The first-order valence-corrected chi connectivity index (χ1v) is 11.3. The summed E-state index contributed by atoms with van der Waals surface area (Å²) in [5.41, 5.74) is 3.75. The number of nitrogens with zero attached hydrogens (tertiary/aromatic N) is 4. The zero-order valence-corrected chi connectivity index (χ0v) is 17.0. The number of H-pyrrole nitrogens is 1. The van der Waals surface area contributed by atoms with Crippen LogP contribution in [0.1, 0.15) is 6.92 Å². The molecule has 0 spiro atoms. The van der Waals surface area contributed by atoms with Crippen molar-refractivity contribution >= 4 is 37.8 Å². The van der Waals surface area contributed by atoms with Gasteiger partial charge in [-0.25, -0.2) is 22.4 Å². The smallest absolute Gasteiger partial charge is 0.237 e. The second-order valence-electron chi connectivity index (χ2n) is 7.36. The molecule has 1 unspecified atom stereocenters. The highest BCUT2D eigenvalue weighted by Gasteiger charge is 2.25. The lowest BCUT2D eigenvalue weighted by Gasteiger charge is -2.35. The summed E-state index contributed by atoms with van der Waals surface area (Å²) >= 11 is 0. The molecule has 1 N–H and O–H groups in total. The van der Waals surface area contributed by atoms with E-state index in [9.17, 15) is 8.42 Å². The molecule has 1 fully saturated rings. The fourth-order valence-corrected chi connectivity index (χ4v) is 4.70. The van der Waals surface area contributed by atoms with Gasteiger partial charge in [0.1, 0.15) is 5.65 Å². The van der Waals surface area contributed by atoms with Crippen molar-refractivity contribution in [2.24, 2.45) is 0 Å². The summed E-state index contributed by atoms with van der Waals surface area (Å²) in [4.78, 5) is 14.5. The van der Waals surface area contributed by atoms with Gasteiger partial charge in [-0.15, -0.1) is 0 Å². The molecule has 1 aliphatic heterocycles. The maximum atomic E-state index is 12.3. The lowest BCUT2D eigenvalue weighted by Crippen LogP contribution is -2.43. The van der Waals surface area contributed by atoms with E-state index in [0.29, 0.717) is 24.6 Å². The Morgan fingerprint density at radius 1 is 1.28 bits per heavy atom. The van der Waals surface area contributed by atoms with Gasteiger partial charge in [0.2, 0.25) is 10.0 Å². The minimum atomic E-state index is -3.48. The van der Waals surface area contributed by atoms with E-state index in [1.165, 1.54) is 10.2 Å². The molecule has 1 aliphatic rings. The van der Waals surface area contributed by atoms with E-state index in [1.807, 2.05) is 30.5 Å². The van der Waals surface area contributed by atoms with Crippen LogP contribution in [0.2, 0.25) is 0 Å². The van der Waals surface area contributed by atoms with Crippen molar-refractivity contribution in [1.29, 1.82) is 0 Å². The molecule has 5 heterocycles. The van der Waals surface area contributed by atoms with Crippen LogP contribution in [-0.2, 0) is 14.8 Å². The maximum Gasteiger partial charge on any atom is 0.237 e. The van der Waals surface area contributed by atoms with Crippen molar-refractivity contribution in [2.75, 3.05) is 30.9 Å². The summed E-state index contributed by atoms with van der Waals surface area (Å²) in [7, 11) is -3.48. The second-order valence-corrected chi connectivity index (χ2v) is 9.22. The van der Waals surface area contributed by atoms with Gasteiger partial charge in [-0.3, -0.25) is 0 Å². The Labute approximate surface area is 168 Å². The number of morpholine rings is 1. The van der Waals surface area contributed by atoms with Crippen LogP contribution in [0.25, 0.3) is 33.3 Å². The molecule has 4 aromatic rings. The van der Waals surface area contributed by atoms with Crippen LogP contribution in [0.3, 0.4) is 0 Å². The molecule has 9 heteroatoms. The summed E-state index contributed by atoms with van der Waals surface area (Å²) in [6.07, 6.45) is 6.36. The van der Waals surface area contributed by atoms with Gasteiger partial charge in [0, 0.05) is 47.5 Å². The molecule has 8 nitrogen and oxygen atoms in total. The van der Waals surface area contributed by atoms with Gasteiger partial charge in [-0.05, 0) is 31.2 Å². The number of aromatic amines is 1. The number of pyridine rings is 2. The number of rotatable bonds is 3. The lowest BCUT2D eigenvalue weighted by atomic mass is 10.1. The van der Waals surface area contributed by atoms with Crippen LogP contribution < -0.4 is 4.90 Å². The highest BCUT2D eigenvalue weighted by molar-refractivity contribution is 7.89. The van der Waals surface area contributed by atoms with E-state index < -0.39 is 10.0 Å². The van der Waals surface area contributed by atoms with Crippen molar-refractivity contribution in [3.05, 3.63) is 42.9 Å². The molecule has 4 aromatic heterocycles. The zero-order valence-electron chi connectivity index (χ0n) is 16.2. The quantitative estimate of drug-likeness (QED) is 0.557. The second kappa shape index (κ2) is 6.57. The summed E-state index contributed by atoms with van der Waals surface area (Å²) in [6, 6.07) is 7.89. The van der Waals surface area contributed by atoms with Crippen molar-refractivity contribution in [1.82, 2.24) is 18.9 Å². The minimum absolute atomic E-state index is 0.174. The van der Waals surface area contributed by atoms with Crippen LogP contribution >= 0.6 is 0 Å². The fourth-order valence-electron chi connectivity index (χ4n) is 3.97. The van der Waals surface area contributed by atoms with Gasteiger partial charge in [0.15, 0.2) is 5.65 Å². The van der Waals surface area contributed by atoms with Gasteiger partial charge in [0.05, 0.1) is 30.9 Å². The first-order chi connectivity index (χ1) is 13.9. The monoisotopic (exact) mass is 411 g/mol. The van der Waals surface area contributed by atoms with Gasteiger partial charge < -0.3 is 14.6 Å².